The van der Waals surface area contributed by atoms with Gasteiger partial charge in [0.05, 0.1) is 6.20 Å². The fraction of sp³-hybridized carbons (Fsp3) is 0.211. The lowest BCUT2D eigenvalue weighted by Gasteiger charge is -2.21. The zero-order chi connectivity index (χ0) is 18.4. The number of hydrogen-bond donors (Lipinski definition) is 2. The Balaban J connectivity index is 1.70. The Morgan fingerprint density at radius 2 is 1.73 bits per heavy atom. The van der Waals surface area contributed by atoms with E-state index in [1.165, 1.54) is 24.0 Å². The van der Waals surface area contributed by atoms with Gasteiger partial charge in [-0.05, 0) is 56.3 Å². The van der Waals surface area contributed by atoms with E-state index in [1.54, 1.807) is 12.1 Å². The van der Waals surface area contributed by atoms with E-state index in [0.717, 1.165) is 18.8 Å². The number of hydrogen-bond acceptors (Lipinski definition) is 6. The van der Waals surface area contributed by atoms with Gasteiger partial charge < -0.3 is 15.5 Å². The molecule has 2 N–H and O–H groups in total. The molecule has 0 bridgehead atoms. The van der Waals surface area contributed by atoms with E-state index < -0.39 is 0 Å². The minimum atomic E-state index is -0.316. The molecule has 6 nitrogen and oxygen atoms in total. The molecule has 0 spiro atoms. The maximum atomic E-state index is 13.3. The van der Waals surface area contributed by atoms with Gasteiger partial charge >= 0.3 is 0 Å². The zero-order valence-electron chi connectivity index (χ0n) is 14.8. The van der Waals surface area contributed by atoms with Crippen LogP contribution in [0.1, 0.15) is 13.8 Å². The van der Waals surface area contributed by atoms with Gasteiger partial charge in [-0.2, -0.15) is 10.1 Å². The summed E-state index contributed by atoms with van der Waals surface area (Å²) in [6, 6.07) is 14.2. The van der Waals surface area contributed by atoms with Crippen LogP contribution < -0.4 is 15.5 Å². The zero-order valence-corrected chi connectivity index (χ0v) is 14.8. The van der Waals surface area contributed by atoms with Crippen molar-refractivity contribution in [1.29, 1.82) is 0 Å². The maximum Gasteiger partial charge on any atom is 0.249 e. The number of halogens is 1. The Morgan fingerprint density at radius 1 is 0.962 bits per heavy atom. The van der Waals surface area contributed by atoms with Gasteiger partial charge in [0.1, 0.15) is 5.82 Å². The average Bonchev–Trinajstić information content (AvgIpc) is 2.64. The van der Waals surface area contributed by atoms with Crippen molar-refractivity contribution in [2.45, 2.75) is 13.8 Å². The summed E-state index contributed by atoms with van der Waals surface area (Å²) in [6.07, 6.45) is 1.49. The van der Waals surface area contributed by atoms with Crippen molar-refractivity contribution in [3.05, 3.63) is 60.5 Å². The first kappa shape index (κ1) is 17.6. The summed E-state index contributed by atoms with van der Waals surface area (Å²) in [6.45, 7) is 6.19. The molecule has 7 heteroatoms. The minimum Gasteiger partial charge on any atom is -0.372 e. The van der Waals surface area contributed by atoms with E-state index in [9.17, 15) is 4.39 Å². The van der Waals surface area contributed by atoms with Gasteiger partial charge in [-0.3, -0.25) is 0 Å². The summed E-state index contributed by atoms with van der Waals surface area (Å²) in [5.74, 6) is 0.526. The SMILES string of the molecule is CCN(CC)c1ccc(Nc2nncc(Nc3cccc(F)c3)n2)cc1. The molecule has 3 aromatic rings. The summed E-state index contributed by atoms with van der Waals surface area (Å²) in [5.41, 5.74) is 2.63. The van der Waals surface area contributed by atoms with Gasteiger partial charge in [0, 0.05) is 30.2 Å². The van der Waals surface area contributed by atoms with Crippen LogP contribution in [0, 0.1) is 5.82 Å². The Labute approximate surface area is 152 Å². The van der Waals surface area contributed by atoms with Gasteiger partial charge in [0.15, 0.2) is 5.82 Å². The molecule has 0 radical (unpaired) electrons. The third kappa shape index (κ3) is 4.44. The summed E-state index contributed by atoms with van der Waals surface area (Å²) in [4.78, 5) is 6.62. The third-order valence-electron chi connectivity index (χ3n) is 3.91. The average molecular weight is 352 g/mol. The molecule has 1 aromatic heterocycles. The van der Waals surface area contributed by atoms with Crippen molar-refractivity contribution in [2.24, 2.45) is 0 Å². The van der Waals surface area contributed by atoms with Gasteiger partial charge in [0.2, 0.25) is 5.95 Å². The van der Waals surface area contributed by atoms with Gasteiger partial charge in [-0.15, -0.1) is 5.10 Å². The number of benzene rings is 2. The number of nitrogens with one attached hydrogen (secondary N) is 2. The molecule has 0 aliphatic carbocycles. The molecule has 26 heavy (non-hydrogen) atoms. The van der Waals surface area contributed by atoms with Crippen LogP contribution in [0.3, 0.4) is 0 Å². The normalized spacial score (nSPS) is 10.4. The highest BCUT2D eigenvalue weighted by Gasteiger charge is 2.05. The summed E-state index contributed by atoms with van der Waals surface area (Å²) >= 11 is 0. The molecule has 2 aromatic carbocycles. The van der Waals surface area contributed by atoms with Crippen LogP contribution in [0.15, 0.2) is 54.7 Å². The van der Waals surface area contributed by atoms with E-state index in [4.69, 9.17) is 0 Å². The fourth-order valence-electron chi connectivity index (χ4n) is 2.60. The van der Waals surface area contributed by atoms with Crippen LogP contribution in [-0.4, -0.2) is 28.3 Å². The highest BCUT2D eigenvalue weighted by atomic mass is 19.1. The molecule has 0 fully saturated rings. The topological polar surface area (TPSA) is 66.0 Å². The Morgan fingerprint density at radius 3 is 2.42 bits per heavy atom. The van der Waals surface area contributed by atoms with Crippen molar-refractivity contribution in [3.8, 4) is 0 Å². The molecule has 0 saturated carbocycles. The van der Waals surface area contributed by atoms with E-state index in [-0.39, 0.29) is 5.82 Å². The predicted molar refractivity (Wildman–Crippen MR) is 103 cm³/mol. The lowest BCUT2D eigenvalue weighted by atomic mass is 10.2. The lowest BCUT2D eigenvalue weighted by Crippen LogP contribution is -2.21. The maximum absolute atomic E-state index is 13.3. The molecule has 0 amide bonds. The van der Waals surface area contributed by atoms with E-state index >= 15 is 0 Å². The second-order valence-corrected chi connectivity index (χ2v) is 5.64. The van der Waals surface area contributed by atoms with Gasteiger partial charge in [-0.1, -0.05) is 6.07 Å². The number of aromatic nitrogens is 3. The first-order valence-corrected chi connectivity index (χ1v) is 8.52. The van der Waals surface area contributed by atoms with Crippen LogP contribution in [0.4, 0.5) is 33.2 Å². The second kappa shape index (κ2) is 8.24. The Hall–Kier alpha value is -3.22. The smallest absolute Gasteiger partial charge is 0.249 e. The third-order valence-corrected chi connectivity index (χ3v) is 3.91. The van der Waals surface area contributed by atoms with Crippen molar-refractivity contribution in [1.82, 2.24) is 15.2 Å². The minimum absolute atomic E-state index is 0.316. The number of nitrogens with zero attached hydrogens (tertiary/aromatic N) is 4. The molecule has 0 aliphatic rings. The molecule has 0 saturated heterocycles. The quantitative estimate of drug-likeness (QED) is 0.659. The molecule has 0 unspecified atom stereocenters. The Kier molecular flexibility index (Phi) is 5.58. The molecular weight excluding hydrogens is 331 g/mol. The van der Waals surface area contributed by atoms with Gasteiger partial charge in [0.25, 0.3) is 0 Å². The molecule has 134 valence electrons. The lowest BCUT2D eigenvalue weighted by molar-refractivity contribution is 0.628. The van der Waals surface area contributed by atoms with Crippen LogP contribution >= 0.6 is 0 Å². The standard InChI is InChI=1S/C19H21FN6/c1-3-26(4-2)17-10-8-15(9-11-17)23-19-24-18(13-21-25-19)22-16-7-5-6-14(20)12-16/h5-13H,3-4H2,1-2H3,(H2,22,23,24,25). The van der Waals surface area contributed by atoms with Crippen LogP contribution in [-0.2, 0) is 0 Å². The van der Waals surface area contributed by atoms with Crippen molar-refractivity contribution >= 4 is 28.8 Å². The first-order valence-electron chi connectivity index (χ1n) is 8.52. The van der Waals surface area contributed by atoms with E-state index in [0.29, 0.717) is 17.5 Å². The monoisotopic (exact) mass is 352 g/mol. The number of anilines is 5. The summed E-state index contributed by atoms with van der Waals surface area (Å²) in [5, 5.41) is 14.1. The summed E-state index contributed by atoms with van der Waals surface area (Å²) < 4.78 is 13.3. The predicted octanol–water partition coefficient (Wildman–Crippen LogP) is 4.34. The molecule has 3 rings (SSSR count). The summed E-state index contributed by atoms with van der Waals surface area (Å²) in [7, 11) is 0. The fourth-order valence-corrected chi connectivity index (χ4v) is 2.60. The highest BCUT2D eigenvalue weighted by Crippen LogP contribution is 2.20. The Bertz CT molecular complexity index is 849. The van der Waals surface area contributed by atoms with Crippen LogP contribution in [0.5, 0.6) is 0 Å². The van der Waals surface area contributed by atoms with E-state index in [1.807, 2.05) is 12.1 Å². The molecule has 1 heterocycles. The second-order valence-electron chi connectivity index (χ2n) is 5.64. The highest BCUT2D eigenvalue weighted by molar-refractivity contribution is 5.61. The molecule has 0 atom stereocenters. The van der Waals surface area contributed by atoms with E-state index in [2.05, 4.69) is 56.7 Å². The van der Waals surface area contributed by atoms with Crippen LogP contribution in [0.25, 0.3) is 0 Å². The van der Waals surface area contributed by atoms with Crippen LogP contribution in [0.2, 0.25) is 0 Å². The van der Waals surface area contributed by atoms with Crippen molar-refractivity contribution in [2.75, 3.05) is 28.6 Å². The number of rotatable bonds is 7. The first-order chi connectivity index (χ1) is 12.7. The largest absolute Gasteiger partial charge is 0.372 e. The van der Waals surface area contributed by atoms with Crippen molar-refractivity contribution < 1.29 is 4.39 Å². The van der Waals surface area contributed by atoms with Crippen molar-refractivity contribution in [3.63, 3.8) is 0 Å². The molecule has 0 aliphatic heterocycles. The van der Waals surface area contributed by atoms with Gasteiger partial charge in [-0.25, -0.2) is 4.39 Å². The molecular formula is C19H21FN6.